The van der Waals surface area contributed by atoms with E-state index in [1.54, 1.807) is 0 Å². The molecule has 0 unspecified atom stereocenters. The van der Waals surface area contributed by atoms with Crippen LogP contribution >= 0.6 is 0 Å². The quantitative estimate of drug-likeness (QED) is 0.371. The zero-order valence-corrected chi connectivity index (χ0v) is 27.2. The van der Waals surface area contributed by atoms with Crippen LogP contribution < -0.4 is 25.2 Å². The average Bonchev–Trinajstić information content (AvgIpc) is 2.90. The first kappa shape index (κ1) is 29.1. The number of phenolic OH excluding ortho intramolecular Hbond substituents is 4. The molecule has 234 valence electrons. The van der Waals surface area contributed by atoms with Gasteiger partial charge in [-0.1, -0.05) is 61.1 Å². The van der Waals surface area contributed by atoms with Crippen molar-refractivity contribution in [3.8, 4) is 23.0 Å². The van der Waals surface area contributed by atoms with Gasteiger partial charge in [-0.2, -0.15) is 0 Å². The number of carbonyl (C=O) groups is 1. The Hall–Kier alpha value is -3.68. The number of aromatic hydroxyl groups is 4. The second-order valence-corrected chi connectivity index (χ2v) is 16.3. The van der Waals surface area contributed by atoms with Crippen LogP contribution in [0.3, 0.4) is 0 Å². The number of rotatable bonds is 1. The maximum absolute atomic E-state index is 14.2. The largest absolute Gasteiger partial charge is 0.871 e. The van der Waals surface area contributed by atoms with Crippen molar-refractivity contribution in [2.75, 3.05) is 31.1 Å². The van der Waals surface area contributed by atoms with Crippen molar-refractivity contribution in [1.82, 2.24) is 4.58 Å². The Labute approximate surface area is 258 Å². The van der Waals surface area contributed by atoms with Crippen molar-refractivity contribution in [1.29, 1.82) is 0 Å². The number of benzene rings is 2. The van der Waals surface area contributed by atoms with Crippen molar-refractivity contribution >= 4 is 22.6 Å². The predicted molar refractivity (Wildman–Crippen MR) is 168 cm³/mol. The molecule has 1 aliphatic carbocycles. The highest BCUT2D eigenvalue weighted by Gasteiger charge is 2.49. The van der Waals surface area contributed by atoms with Gasteiger partial charge in [0.25, 0.3) is 0 Å². The zero-order valence-electron chi connectivity index (χ0n) is 27.2. The molecule has 0 radical (unpaired) electrons. The molecular weight excluding hydrogens is 556 g/mol. The molecule has 2 aromatic rings. The van der Waals surface area contributed by atoms with Crippen LogP contribution in [0.25, 0.3) is 11.1 Å². The summed E-state index contributed by atoms with van der Waals surface area (Å²) in [7, 11) is 0. The van der Waals surface area contributed by atoms with E-state index in [1.807, 2.05) is 55.4 Å². The second-order valence-electron chi connectivity index (χ2n) is 16.3. The minimum atomic E-state index is -0.691. The summed E-state index contributed by atoms with van der Waals surface area (Å²) >= 11 is 0. The molecular formula is C36H44N2O6. The molecule has 44 heavy (non-hydrogen) atoms. The number of Topliss-reactive ketones (excluding diaryl/α,β-unsaturated/α-hetero) is 1. The van der Waals surface area contributed by atoms with E-state index < -0.39 is 33.2 Å². The lowest BCUT2D eigenvalue weighted by Crippen LogP contribution is -2.54. The van der Waals surface area contributed by atoms with Crippen LogP contribution in [0.1, 0.15) is 109 Å². The van der Waals surface area contributed by atoms with E-state index in [9.17, 15) is 30.3 Å². The fourth-order valence-electron chi connectivity index (χ4n) is 8.77. The lowest BCUT2D eigenvalue weighted by atomic mass is 9.66. The third-order valence-electron chi connectivity index (χ3n) is 11.6. The van der Waals surface area contributed by atoms with Crippen LogP contribution in [-0.2, 0) is 26.5 Å². The van der Waals surface area contributed by atoms with Crippen molar-refractivity contribution in [2.24, 2.45) is 0 Å². The summed E-state index contributed by atoms with van der Waals surface area (Å²) < 4.78 is 2.19. The van der Waals surface area contributed by atoms with Gasteiger partial charge in [0.15, 0.2) is 5.78 Å². The monoisotopic (exact) mass is 600 g/mol. The molecule has 8 nitrogen and oxygen atoms in total. The number of phenols is 4. The summed E-state index contributed by atoms with van der Waals surface area (Å²) in [6.07, 6.45) is 3.09. The molecule has 2 aromatic carbocycles. The summed E-state index contributed by atoms with van der Waals surface area (Å²) in [6.45, 7) is 19.5. The summed E-state index contributed by atoms with van der Waals surface area (Å²) in [6, 6.07) is 0. The molecule has 0 amide bonds. The molecule has 0 atom stereocenters. The molecule has 4 aliphatic heterocycles. The number of anilines is 1. The van der Waals surface area contributed by atoms with Gasteiger partial charge in [-0.25, -0.2) is 4.58 Å². The van der Waals surface area contributed by atoms with Crippen LogP contribution in [0.2, 0.25) is 0 Å². The van der Waals surface area contributed by atoms with Crippen LogP contribution in [-0.4, -0.2) is 52.4 Å². The van der Waals surface area contributed by atoms with Crippen molar-refractivity contribution < 1.29 is 30.3 Å². The van der Waals surface area contributed by atoms with Gasteiger partial charge in [-0.3, -0.25) is 4.79 Å². The Bertz CT molecular complexity index is 1790. The normalized spacial score (nSPS) is 23.7. The number of hydrogen-bond acceptors (Lipinski definition) is 7. The minimum absolute atomic E-state index is 0.132. The topological polar surface area (TPSA) is 127 Å². The molecule has 0 spiro atoms. The number of allylic oxidation sites excluding steroid dienone is 2. The van der Waals surface area contributed by atoms with E-state index >= 15 is 0 Å². The van der Waals surface area contributed by atoms with Gasteiger partial charge in [-0.15, -0.1) is 0 Å². The highest BCUT2D eigenvalue weighted by atomic mass is 16.3. The second kappa shape index (κ2) is 8.52. The summed E-state index contributed by atoms with van der Waals surface area (Å²) in [5, 5.41) is 62.1. The van der Waals surface area contributed by atoms with Gasteiger partial charge in [0, 0.05) is 59.0 Å². The Balaban J connectivity index is 1.58. The van der Waals surface area contributed by atoms with Crippen molar-refractivity contribution in [3.05, 3.63) is 44.2 Å². The van der Waals surface area contributed by atoms with Gasteiger partial charge in [0.2, 0.25) is 5.36 Å². The molecule has 7 rings (SSSR count). The Kier molecular flexibility index (Phi) is 5.63. The summed E-state index contributed by atoms with van der Waals surface area (Å²) in [4.78, 5) is 16.4. The Morgan fingerprint density at radius 3 is 1.50 bits per heavy atom. The molecule has 0 bridgehead atoms. The lowest BCUT2D eigenvalue weighted by Gasteiger charge is -2.49. The third kappa shape index (κ3) is 3.45. The molecule has 4 heterocycles. The number of carbonyl (C=O) groups excluding carboxylic acids is 1. The van der Waals surface area contributed by atoms with Gasteiger partial charge < -0.3 is 30.4 Å². The molecule has 0 fully saturated rings. The van der Waals surface area contributed by atoms with E-state index in [1.165, 1.54) is 0 Å². The maximum atomic E-state index is 14.2. The van der Waals surface area contributed by atoms with Gasteiger partial charge in [0.1, 0.15) is 36.1 Å². The van der Waals surface area contributed by atoms with E-state index in [4.69, 9.17) is 0 Å². The highest BCUT2D eigenvalue weighted by Crippen LogP contribution is 2.59. The molecule has 5 aliphatic rings. The zero-order chi connectivity index (χ0) is 32.0. The molecule has 4 N–H and O–H groups in total. The highest BCUT2D eigenvalue weighted by molar-refractivity contribution is 6.52. The van der Waals surface area contributed by atoms with Crippen molar-refractivity contribution in [3.63, 3.8) is 0 Å². The first-order chi connectivity index (χ1) is 20.3. The fraction of sp³-hybridized carbons (Fsp3) is 0.556. The fourth-order valence-corrected chi connectivity index (χ4v) is 8.77. The van der Waals surface area contributed by atoms with Crippen LogP contribution in [0, 0.1) is 0 Å². The average molecular weight is 601 g/mol. The van der Waals surface area contributed by atoms with Crippen LogP contribution in [0.5, 0.6) is 23.0 Å². The first-order valence-corrected chi connectivity index (χ1v) is 15.9. The van der Waals surface area contributed by atoms with E-state index in [0.717, 1.165) is 62.9 Å². The summed E-state index contributed by atoms with van der Waals surface area (Å²) in [5.41, 5.74) is 0.847. The SMILES string of the molecule is CC1(C)CCN2CCC(C)(C)c3c(O)c(C4=C([O-])C(=c5c(O)c6c7c(c5O)C(C)(C)CC[N+]=7CCC6(C)C)C4=O)c(O)c1c32. The molecule has 8 heteroatoms. The van der Waals surface area contributed by atoms with Crippen LogP contribution in [0.15, 0.2) is 5.76 Å². The summed E-state index contributed by atoms with van der Waals surface area (Å²) in [5.74, 6) is -2.34. The minimum Gasteiger partial charge on any atom is -0.871 e. The van der Waals surface area contributed by atoms with Crippen LogP contribution in [0.4, 0.5) is 5.69 Å². The molecule has 0 saturated heterocycles. The number of ketones is 1. The van der Waals surface area contributed by atoms with Gasteiger partial charge >= 0.3 is 0 Å². The van der Waals surface area contributed by atoms with Crippen molar-refractivity contribution in [2.45, 2.75) is 103 Å². The third-order valence-corrected chi connectivity index (χ3v) is 11.6. The van der Waals surface area contributed by atoms with Gasteiger partial charge in [-0.05, 0) is 23.7 Å². The number of nitrogens with zero attached hydrogens (tertiary/aromatic N) is 2. The van der Waals surface area contributed by atoms with E-state index in [2.05, 4.69) is 9.48 Å². The Morgan fingerprint density at radius 2 is 1.07 bits per heavy atom. The van der Waals surface area contributed by atoms with E-state index in [-0.39, 0.29) is 44.9 Å². The smallest absolute Gasteiger partial charge is 0.214 e. The van der Waals surface area contributed by atoms with E-state index in [0.29, 0.717) is 22.3 Å². The first-order valence-electron chi connectivity index (χ1n) is 15.9. The Morgan fingerprint density at radius 1 is 0.636 bits per heavy atom. The van der Waals surface area contributed by atoms with Gasteiger partial charge in [0.05, 0.1) is 27.6 Å². The maximum Gasteiger partial charge on any atom is 0.214 e. The molecule has 0 aromatic heterocycles. The number of hydrogen-bond donors (Lipinski definition) is 4. The standard InChI is InChI=1S/C36H44N2O6/c1-33(2)9-13-37-14-10-34(3,4)22-25(37)21(33)29(41)19(30(22)42)17-27(39)18(28(17)40)20-31(43)23-26-24(32(20)44)36(7,8)12-16-38(26)15-11-35(23,5)6/h9-16H2,1-8H3,(H4,39,40,41,42,43,44). The molecule has 0 saturated carbocycles. The lowest BCUT2D eigenvalue weighted by molar-refractivity contribution is -0.293. The predicted octanol–water partition coefficient (Wildman–Crippen LogP) is 3.04.